The Morgan fingerprint density at radius 3 is 2.45 bits per heavy atom. The fourth-order valence-corrected chi connectivity index (χ4v) is 4.00. The van der Waals surface area contributed by atoms with Gasteiger partial charge in [0.25, 0.3) is 0 Å². The number of hydrogen-bond acceptors (Lipinski definition) is 3. The molecule has 0 unspecified atom stereocenters. The van der Waals surface area contributed by atoms with Crippen molar-refractivity contribution in [2.45, 2.75) is 18.4 Å². The van der Waals surface area contributed by atoms with Crippen LogP contribution >= 0.6 is 34.7 Å². The molecule has 0 saturated heterocycles. The predicted octanol–water partition coefficient (Wildman–Crippen LogP) is 6.21. The van der Waals surface area contributed by atoms with Crippen molar-refractivity contribution in [2.24, 2.45) is 0 Å². The fraction of sp³-hybridized carbons (Fsp3) is 0.167. The van der Waals surface area contributed by atoms with E-state index in [0.717, 1.165) is 32.8 Å². The lowest BCUT2D eigenvalue weighted by Crippen LogP contribution is -1.85. The minimum absolute atomic E-state index is 0.759. The largest absolute Gasteiger partial charge is 0.240 e. The van der Waals surface area contributed by atoms with E-state index >= 15 is 0 Å². The zero-order chi connectivity index (χ0) is 15.4. The summed E-state index contributed by atoms with van der Waals surface area (Å²) in [7, 11) is 0. The van der Waals surface area contributed by atoms with E-state index < -0.39 is 0 Å². The molecule has 1 heterocycles. The Kier molecular flexibility index (Phi) is 5.19. The molecule has 3 aromatic rings. The van der Waals surface area contributed by atoms with Gasteiger partial charge in [0, 0.05) is 27.5 Å². The first kappa shape index (κ1) is 15.6. The van der Waals surface area contributed by atoms with E-state index in [0.29, 0.717) is 0 Å². The molecule has 0 aliphatic heterocycles. The van der Waals surface area contributed by atoms with Gasteiger partial charge in [0.05, 0.1) is 5.69 Å². The Morgan fingerprint density at radius 2 is 1.73 bits per heavy atom. The molecular formula is C18H16ClNS2. The van der Waals surface area contributed by atoms with Crippen molar-refractivity contribution in [1.82, 2.24) is 4.98 Å². The number of halogens is 1. The molecule has 0 saturated carbocycles. The molecule has 0 aliphatic carbocycles. The first-order valence-electron chi connectivity index (χ1n) is 7.04. The van der Waals surface area contributed by atoms with Gasteiger partial charge in [-0.05, 0) is 24.6 Å². The number of aryl methyl sites for hydroxylation is 1. The molecule has 4 heteroatoms. The van der Waals surface area contributed by atoms with E-state index in [9.17, 15) is 0 Å². The molecule has 22 heavy (non-hydrogen) atoms. The molecule has 0 aliphatic rings. The summed E-state index contributed by atoms with van der Waals surface area (Å²) in [5.74, 6) is 1.96. The third kappa shape index (κ3) is 4.13. The van der Waals surface area contributed by atoms with E-state index in [1.807, 2.05) is 36.0 Å². The Bertz CT molecular complexity index is 733. The quantitative estimate of drug-likeness (QED) is 0.545. The predicted molar refractivity (Wildman–Crippen MR) is 98.7 cm³/mol. The smallest absolute Gasteiger partial charge is 0.123 e. The lowest BCUT2D eigenvalue weighted by atomic mass is 10.2. The van der Waals surface area contributed by atoms with E-state index in [4.69, 9.17) is 16.6 Å². The maximum atomic E-state index is 5.92. The van der Waals surface area contributed by atoms with Crippen LogP contribution in [-0.4, -0.2) is 4.98 Å². The summed E-state index contributed by atoms with van der Waals surface area (Å²) >= 11 is 9.51. The van der Waals surface area contributed by atoms with Crippen LogP contribution in [-0.2, 0) is 11.5 Å². The highest BCUT2D eigenvalue weighted by Crippen LogP contribution is 2.27. The highest BCUT2D eigenvalue weighted by atomic mass is 35.5. The van der Waals surface area contributed by atoms with Crippen molar-refractivity contribution >= 4 is 34.7 Å². The number of benzene rings is 2. The summed E-state index contributed by atoms with van der Waals surface area (Å²) < 4.78 is 0. The Balaban J connectivity index is 1.57. The van der Waals surface area contributed by atoms with Crippen LogP contribution in [0.25, 0.3) is 10.6 Å². The van der Waals surface area contributed by atoms with E-state index in [1.165, 1.54) is 11.1 Å². The van der Waals surface area contributed by atoms with Crippen LogP contribution in [0.4, 0.5) is 0 Å². The normalized spacial score (nSPS) is 10.8. The van der Waals surface area contributed by atoms with Gasteiger partial charge < -0.3 is 0 Å². The van der Waals surface area contributed by atoms with Crippen LogP contribution in [0.5, 0.6) is 0 Å². The molecule has 3 rings (SSSR count). The van der Waals surface area contributed by atoms with Gasteiger partial charge in [0.15, 0.2) is 0 Å². The number of thiazole rings is 1. The minimum atomic E-state index is 0.759. The lowest BCUT2D eigenvalue weighted by Gasteiger charge is -2.01. The molecule has 0 radical (unpaired) electrons. The third-order valence-corrected chi connectivity index (χ3v) is 5.51. The van der Waals surface area contributed by atoms with Crippen molar-refractivity contribution in [3.8, 4) is 10.6 Å². The second kappa shape index (κ2) is 7.32. The van der Waals surface area contributed by atoms with Gasteiger partial charge in [-0.15, -0.1) is 11.3 Å². The van der Waals surface area contributed by atoms with Crippen molar-refractivity contribution in [3.63, 3.8) is 0 Å². The first-order valence-corrected chi connectivity index (χ1v) is 9.45. The molecule has 0 N–H and O–H groups in total. The number of nitrogens with zero attached hydrogens (tertiary/aromatic N) is 1. The first-order chi connectivity index (χ1) is 10.7. The van der Waals surface area contributed by atoms with Gasteiger partial charge in [-0.2, -0.15) is 11.8 Å². The number of rotatable bonds is 5. The maximum absolute atomic E-state index is 5.92. The number of thioether (sulfide) groups is 1. The standard InChI is InChI=1S/C18H16ClNS2/c1-13-2-4-14(5-3-13)10-21-11-17-12-22-18(20-17)15-6-8-16(19)9-7-15/h2-9,12H,10-11H2,1H3. The maximum Gasteiger partial charge on any atom is 0.123 e. The van der Waals surface area contributed by atoms with Gasteiger partial charge in [-0.1, -0.05) is 53.6 Å². The van der Waals surface area contributed by atoms with Gasteiger partial charge in [-0.3, -0.25) is 0 Å². The highest BCUT2D eigenvalue weighted by molar-refractivity contribution is 7.97. The van der Waals surface area contributed by atoms with E-state index in [1.54, 1.807) is 11.3 Å². The Labute approximate surface area is 144 Å². The van der Waals surface area contributed by atoms with Crippen LogP contribution in [0.1, 0.15) is 16.8 Å². The van der Waals surface area contributed by atoms with E-state index in [2.05, 4.69) is 36.6 Å². The molecule has 112 valence electrons. The average molecular weight is 346 g/mol. The topological polar surface area (TPSA) is 12.9 Å². The Hall–Kier alpha value is -1.29. The van der Waals surface area contributed by atoms with Gasteiger partial charge in [-0.25, -0.2) is 4.98 Å². The molecule has 0 fully saturated rings. The molecule has 0 bridgehead atoms. The summed E-state index contributed by atoms with van der Waals surface area (Å²) in [6.45, 7) is 2.12. The van der Waals surface area contributed by atoms with Gasteiger partial charge in [0.1, 0.15) is 5.01 Å². The number of hydrogen-bond donors (Lipinski definition) is 0. The number of aromatic nitrogens is 1. The van der Waals surface area contributed by atoms with Crippen LogP contribution in [0, 0.1) is 6.92 Å². The van der Waals surface area contributed by atoms with Gasteiger partial charge in [0.2, 0.25) is 0 Å². The Morgan fingerprint density at radius 1 is 1.00 bits per heavy atom. The summed E-state index contributed by atoms with van der Waals surface area (Å²) in [5, 5.41) is 3.96. The third-order valence-electron chi connectivity index (χ3n) is 3.28. The van der Waals surface area contributed by atoms with Gasteiger partial charge >= 0.3 is 0 Å². The summed E-state index contributed by atoms with van der Waals surface area (Å²) in [6.07, 6.45) is 0. The minimum Gasteiger partial charge on any atom is -0.240 e. The fourth-order valence-electron chi connectivity index (χ4n) is 2.06. The zero-order valence-electron chi connectivity index (χ0n) is 12.3. The van der Waals surface area contributed by atoms with E-state index in [-0.39, 0.29) is 0 Å². The molecule has 2 aromatic carbocycles. The van der Waals surface area contributed by atoms with Crippen molar-refractivity contribution in [2.75, 3.05) is 0 Å². The van der Waals surface area contributed by atoms with Crippen LogP contribution in [0.3, 0.4) is 0 Å². The van der Waals surface area contributed by atoms with Crippen LogP contribution in [0.2, 0.25) is 5.02 Å². The monoisotopic (exact) mass is 345 g/mol. The van der Waals surface area contributed by atoms with Crippen LogP contribution in [0.15, 0.2) is 53.9 Å². The molecule has 0 spiro atoms. The second-order valence-corrected chi connectivity index (χ2v) is 7.41. The summed E-state index contributed by atoms with van der Waals surface area (Å²) in [5.41, 5.74) is 4.95. The molecule has 0 atom stereocenters. The summed E-state index contributed by atoms with van der Waals surface area (Å²) in [6, 6.07) is 16.6. The van der Waals surface area contributed by atoms with Crippen molar-refractivity contribution in [3.05, 3.63) is 75.8 Å². The van der Waals surface area contributed by atoms with Crippen molar-refractivity contribution < 1.29 is 0 Å². The average Bonchev–Trinajstić information content (AvgIpc) is 2.99. The molecular weight excluding hydrogens is 330 g/mol. The molecule has 0 amide bonds. The SMILES string of the molecule is Cc1ccc(CSCc2csc(-c3ccc(Cl)cc3)n2)cc1. The zero-order valence-corrected chi connectivity index (χ0v) is 14.6. The molecule has 1 nitrogen and oxygen atoms in total. The van der Waals surface area contributed by atoms with Crippen molar-refractivity contribution in [1.29, 1.82) is 0 Å². The molecule has 1 aromatic heterocycles. The van der Waals surface area contributed by atoms with Crippen LogP contribution < -0.4 is 0 Å². The second-order valence-electron chi connectivity index (χ2n) is 5.13. The highest BCUT2D eigenvalue weighted by Gasteiger charge is 2.05. The summed E-state index contributed by atoms with van der Waals surface area (Å²) in [4.78, 5) is 4.71. The lowest BCUT2D eigenvalue weighted by molar-refractivity contribution is 1.23.